The summed E-state index contributed by atoms with van der Waals surface area (Å²) in [4.78, 5) is 15.3. The summed E-state index contributed by atoms with van der Waals surface area (Å²) in [5.41, 5.74) is 9.57. The quantitative estimate of drug-likeness (QED) is 0.160. The third-order valence-corrected chi connectivity index (χ3v) is 11.2. The number of aromatic nitrogens is 3. The van der Waals surface area contributed by atoms with Crippen molar-refractivity contribution in [3.63, 3.8) is 0 Å². The van der Waals surface area contributed by atoms with Gasteiger partial charge in [-0.3, -0.25) is 0 Å². The van der Waals surface area contributed by atoms with Crippen LogP contribution in [-0.4, -0.2) is 15.0 Å². The molecule has 0 bridgehead atoms. The predicted octanol–water partition coefficient (Wildman–Crippen LogP) is 14.5. The highest BCUT2D eigenvalue weighted by Crippen LogP contribution is 2.40. The van der Waals surface area contributed by atoms with Gasteiger partial charge in [-0.05, 0) is 113 Å². The number of rotatable bonds is 6. The number of hydrogen-bond donors (Lipinski definition) is 0. The van der Waals surface area contributed by atoms with Crippen LogP contribution < -0.4 is 0 Å². The minimum atomic E-state index is 0.624. The first-order valence-electron chi connectivity index (χ1n) is 19.7. The van der Waals surface area contributed by atoms with Crippen LogP contribution >= 0.6 is 0 Å². The van der Waals surface area contributed by atoms with Crippen molar-refractivity contribution in [1.82, 2.24) is 15.0 Å². The molecule has 1 heterocycles. The van der Waals surface area contributed by atoms with Gasteiger partial charge in [-0.2, -0.15) is 0 Å². The Hall–Kier alpha value is -7.75. The van der Waals surface area contributed by atoms with E-state index in [0.29, 0.717) is 17.5 Å². The molecule has 0 radical (unpaired) electrons. The number of hydrogen-bond acceptors (Lipinski definition) is 3. The molecule has 10 aromatic carbocycles. The molecule has 0 amide bonds. The zero-order valence-electron chi connectivity index (χ0n) is 31.5. The fourth-order valence-corrected chi connectivity index (χ4v) is 8.36. The zero-order chi connectivity index (χ0) is 38.4. The maximum Gasteiger partial charge on any atom is 0.164 e. The Bertz CT molecular complexity index is 3240. The minimum absolute atomic E-state index is 0.624. The van der Waals surface area contributed by atoms with Crippen LogP contribution in [0.4, 0.5) is 0 Å². The van der Waals surface area contributed by atoms with E-state index in [1.54, 1.807) is 0 Å². The van der Waals surface area contributed by atoms with Gasteiger partial charge in [0.05, 0.1) is 0 Å². The average molecular weight is 738 g/mol. The van der Waals surface area contributed by atoms with Gasteiger partial charge in [-0.25, -0.2) is 15.0 Å². The van der Waals surface area contributed by atoms with Crippen molar-refractivity contribution in [1.29, 1.82) is 0 Å². The molecule has 11 rings (SSSR count). The minimum Gasteiger partial charge on any atom is -0.208 e. The molecule has 0 aliphatic rings. The molecule has 270 valence electrons. The Labute approximate surface area is 336 Å². The van der Waals surface area contributed by atoms with Crippen molar-refractivity contribution in [3.05, 3.63) is 212 Å². The normalized spacial score (nSPS) is 11.4. The lowest BCUT2D eigenvalue weighted by atomic mass is 9.90. The second-order valence-corrected chi connectivity index (χ2v) is 14.8. The highest BCUT2D eigenvalue weighted by molar-refractivity contribution is 6.25. The van der Waals surface area contributed by atoms with Crippen LogP contribution in [-0.2, 0) is 0 Å². The Morgan fingerprint density at radius 3 is 1.17 bits per heavy atom. The molecule has 0 unspecified atom stereocenters. The third kappa shape index (κ3) is 6.07. The van der Waals surface area contributed by atoms with Crippen LogP contribution in [0.5, 0.6) is 0 Å². The van der Waals surface area contributed by atoms with E-state index < -0.39 is 0 Å². The summed E-state index contributed by atoms with van der Waals surface area (Å²) in [7, 11) is 0. The Morgan fingerprint density at radius 1 is 0.190 bits per heavy atom. The Morgan fingerprint density at radius 2 is 0.569 bits per heavy atom. The lowest BCUT2D eigenvalue weighted by molar-refractivity contribution is 1.07. The summed E-state index contributed by atoms with van der Waals surface area (Å²) in [5.74, 6) is 1.90. The molecule has 0 N–H and O–H groups in total. The third-order valence-electron chi connectivity index (χ3n) is 11.2. The number of nitrogens with zero attached hydrogens (tertiary/aromatic N) is 3. The molecular weight excluding hydrogens is 703 g/mol. The summed E-state index contributed by atoms with van der Waals surface area (Å²) >= 11 is 0. The molecule has 0 saturated carbocycles. The van der Waals surface area contributed by atoms with Crippen molar-refractivity contribution in [3.8, 4) is 67.5 Å². The first-order chi connectivity index (χ1) is 28.7. The van der Waals surface area contributed by atoms with Crippen molar-refractivity contribution >= 4 is 43.1 Å². The van der Waals surface area contributed by atoms with E-state index in [1.165, 1.54) is 48.7 Å². The van der Waals surface area contributed by atoms with Crippen LogP contribution in [0.1, 0.15) is 0 Å². The van der Waals surface area contributed by atoms with E-state index in [2.05, 4.69) is 176 Å². The Balaban J connectivity index is 1.14. The van der Waals surface area contributed by atoms with Gasteiger partial charge in [-0.15, -0.1) is 0 Å². The van der Waals surface area contributed by atoms with Crippen LogP contribution in [0.2, 0.25) is 0 Å². The first kappa shape index (κ1) is 33.6. The SMILES string of the molecule is c1ccc(-c2nc(-c3ccccc3)nc(-c3cc(-c4cccc(-c5ccc6ccccc6c5)c4)cc(-c4ccc5c6ccccc6c6ccccc6c5c4)c3)n2)cc1. The lowest BCUT2D eigenvalue weighted by Gasteiger charge is -2.15. The number of benzene rings is 10. The fourth-order valence-electron chi connectivity index (χ4n) is 8.36. The fraction of sp³-hybridized carbons (Fsp3) is 0. The van der Waals surface area contributed by atoms with Crippen LogP contribution in [0, 0.1) is 0 Å². The van der Waals surface area contributed by atoms with Gasteiger partial charge < -0.3 is 0 Å². The van der Waals surface area contributed by atoms with Crippen molar-refractivity contribution < 1.29 is 0 Å². The molecule has 0 atom stereocenters. The lowest BCUT2D eigenvalue weighted by Crippen LogP contribution is -2.00. The van der Waals surface area contributed by atoms with E-state index >= 15 is 0 Å². The first-order valence-corrected chi connectivity index (χ1v) is 19.7. The topological polar surface area (TPSA) is 38.7 Å². The van der Waals surface area contributed by atoms with Crippen molar-refractivity contribution in [2.24, 2.45) is 0 Å². The van der Waals surface area contributed by atoms with E-state index in [9.17, 15) is 0 Å². The molecule has 11 aromatic rings. The van der Waals surface area contributed by atoms with Gasteiger partial charge in [0, 0.05) is 16.7 Å². The summed E-state index contributed by atoms with van der Waals surface area (Å²) in [6, 6.07) is 75.6. The van der Waals surface area contributed by atoms with Gasteiger partial charge in [0.15, 0.2) is 17.5 Å². The van der Waals surface area contributed by atoms with E-state index in [0.717, 1.165) is 44.5 Å². The molecule has 3 heteroatoms. The highest BCUT2D eigenvalue weighted by atomic mass is 15.0. The van der Waals surface area contributed by atoms with Gasteiger partial charge in [-0.1, -0.05) is 176 Å². The molecule has 0 fully saturated rings. The standard InChI is InChI=1S/C55H35N3/c1-3-15-37(16-4-1)53-56-54(38-17-5-2-6-18-38)58-55(57-53)46-33-44(41-21-13-20-40(31-41)42-27-26-36-14-7-8-19-39(36)30-42)32-45(34-46)43-28-29-51-49-24-10-9-22-47(49)48-23-11-12-25-50(48)52(51)35-43/h1-35H. The molecule has 0 spiro atoms. The van der Waals surface area contributed by atoms with Gasteiger partial charge in [0.25, 0.3) is 0 Å². The Kier molecular flexibility index (Phi) is 8.15. The van der Waals surface area contributed by atoms with Gasteiger partial charge >= 0.3 is 0 Å². The van der Waals surface area contributed by atoms with Crippen LogP contribution in [0.3, 0.4) is 0 Å². The summed E-state index contributed by atoms with van der Waals surface area (Å²) in [5, 5.41) is 9.97. The summed E-state index contributed by atoms with van der Waals surface area (Å²) in [6.45, 7) is 0. The number of fused-ring (bicyclic) bond motifs is 7. The molecule has 1 aromatic heterocycles. The smallest absolute Gasteiger partial charge is 0.164 e. The van der Waals surface area contributed by atoms with E-state index in [-0.39, 0.29) is 0 Å². The van der Waals surface area contributed by atoms with E-state index in [4.69, 9.17) is 15.0 Å². The summed E-state index contributed by atoms with van der Waals surface area (Å²) < 4.78 is 0. The van der Waals surface area contributed by atoms with Gasteiger partial charge in [0.2, 0.25) is 0 Å². The van der Waals surface area contributed by atoms with Gasteiger partial charge in [0.1, 0.15) is 0 Å². The maximum absolute atomic E-state index is 5.17. The second kappa shape index (κ2) is 14.1. The molecular formula is C55H35N3. The highest BCUT2D eigenvalue weighted by Gasteiger charge is 2.16. The van der Waals surface area contributed by atoms with E-state index in [1.807, 2.05) is 36.4 Å². The zero-order valence-corrected chi connectivity index (χ0v) is 31.5. The predicted molar refractivity (Wildman–Crippen MR) is 242 cm³/mol. The second-order valence-electron chi connectivity index (χ2n) is 14.8. The molecule has 3 nitrogen and oxygen atoms in total. The molecule has 0 aliphatic carbocycles. The largest absolute Gasteiger partial charge is 0.208 e. The molecule has 0 saturated heterocycles. The molecule has 58 heavy (non-hydrogen) atoms. The van der Waals surface area contributed by atoms with Crippen LogP contribution in [0.15, 0.2) is 212 Å². The summed E-state index contributed by atoms with van der Waals surface area (Å²) in [6.07, 6.45) is 0. The van der Waals surface area contributed by atoms with Crippen LogP contribution in [0.25, 0.3) is 111 Å². The maximum atomic E-state index is 5.17. The van der Waals surface area contributed by atoms with Crippen molar-refractivity contribution in [2.45, 2.75) is 0 Å². The monoisotopic (exact) mass is 737 g/mol. The average Bonchev–Trinajstić information content (AvgIpc) is 3.31. The molecule has 0 aliphatic heterocycles. The van der Waals surface area contributed by atoms with Crippen molar-refractivity contribution in [2.75, 3.05) is 0 Å².